The molecule has 0 atom stereocenters. The summed E-state index contributed by atoms with van der Waals surface area (Å²) in [7, 11) is -1.88. The maximum absolute atomic E-state index is 12.3. The van der Waals surface area contributed by atoms with E-state index in [1.54, 1.807) is 7.05 Å². The highest BCUT2D eigenvalue weighted by Crippen LogP contribution is 2.14. The van der Waals surface area contributed by atoms with Crippen LogP contribution in [0.15, 0.2) is 17.3 Å². The van der Waals surface area contributed by atoms with Crippen LogP contribution in [0.5, 0.6) is 0 Å². The van der Waals surface area contributed by atoms with Gasteiger partial charge in [0.15, 0.2) is 0 Å². The molecular weight excluding hydrogens is 276 g/mol. The summed E-state index contributed by atoms with van der Waals surface area (Å²) in [5.74, 6) is 0.458. The first-order chi connectivity index (χ1) is 9.52. The van der Waals surface area contributed by atoms with Crippen molar-refractivity contribution in [1.29, 1.82) is 0 Å². The van der Waals surface area contributed by atoms with Gasteiger partial charge in [0.05, 0.1) is 12.4 Å². The van der Waals surface area contributed by atoms with Crippen LogP contribution in [0.25, 0.3) is 0 Å². The Morgan fingerprint density at radius 1 is 1.15 bits per heavy atom. The van der Waals surface area contributed by atoms with Crippen LogP contribution >= 0.6 is 0 Å². The normalized spacial score (nSPS) is 11.8. The molecule has 114 valence electrons. The fourth-order valence-corrected chi connectivity index (χ4v) is 2.76. The van der Waals surface area contributed by atoms with E-state index in [0.29, 0.717) is 12.5 Å². The first-order valence-electron chi connectivity index (χ1n) is 7.04. The molecule has 1 aromatic rings. The average Bonchev–Trinajstić information content (AvgIpc) is 2.45. The highest BCUT2D eigenvalue weighted by Gasteiger charge is 2.21. The van der Waals surface area contributed by atoms with Gasteiger partial charge in [-0.3, -0.25) is 0 Å². The molecule has 0 amide bonds. The Morgan fingerprint density at radius 2 is 1.80 bits per heavy atom. The lowest BCUT2D eigenvalue weighted by molar-refractivity contribution is 0.454. The smallest absolute Gasteiger partial charge is 0.245 e. The monoisotopic (exact) mass is 300 g/mol. The maximum atomic E-state index is 12.3. The lowest BCUT2D eigenvalue weighted by Crippen LogP contribution is -2.28. The van der Waals surface area contributed by atoms with Gasteiger partial charge in [-0.2, -0.15) is 0 Å². The molecule has 0 bridgehead atoms. The Balaban J connectivity index is 2.71. The Morgan fingerprint density at radius 3 is 2.35 bits per heavy atom. The van der Waals surface area contributed by atoms with Crippen LogP contribution in [-0.4, -0.2) is 42.8 Å². The van der Waals surface area contributed by atoms with Crippen molar-refractivity contribution in [3.8, 4) is 0 Å². The number of anilines is 1. The van der Waals surface area contributed by atoms with Gasteiger partial charge < -0.3 is 5.32 Å². The highest BCUT2D eigenvalue weighted by molar-refractivity contribution is 7.89. The quantitative estimate of drug-likeness (QED) is 0.707. The van der Waals surface area contributed by atoms with Crippen LogP contribution in [-0.2, 0) is 10.0 Å². The van der Waals surface area contributed by atoms with E-state index < -0.39 is 10.0 Å². The summed E-state index contributed by atoms with van der Waals surface area (Å²) in [5.41, 5.74) is 0. The third kappa shape index (κ3) is 4.72. The Bertz CT molecular complexity index is 488. The molecule has 0 aliphatic carbocycles. The topological polar surface area (TPSA) is 75.2 Å². The van der Waals surface area contributed by atoms with Crippen LogP contribution in [0.4, 0.5) is 5.95 Å². The predicted octanol–water partition coefficient (Wildman–Crippen LogP) is 2.11. The molecule has 0 spiro atoms. The van der Waals surface area contributed by atoms with Crippen LogP contribution in [0.2, 0.25) is 0 Å². The summed E-state index contributed by atoms with van der Waals surface area (Å²) in [6.45, 7) is 5.41. The van der Waals surface area contributed by atoms with Gasteiger partial charge in [-0.25, -0.2) is 22.7 Å². The molecule has 0 fully saturated rings. The first-order valence-corrected chi connectivity index (χ1v) is 8.48. The zero-order chi connectivity index (χ0) is 15.0. The van der Waals surface area contributed by atoms with Crippen LogP contribution < -0.4 is 5.32 Å². The summed E-state index contributed by atoms with van der Waals surface area (Å²) >= 11 is 0. The Kier molecular flexibility index (Phi) is 6.87. The molecule has 0 aromatic carbocycles. The minimum atomic E-state index is -3.48. The molecule has 7 heteroatoms. The van der Waals surface area contributed by atoms with Crippen molar-refractivity contribution in [2.24, 2.45) is 0 Å². The Labute approximate surface area is 121 Å². The van der Waals surface area contributed by atoms with Gasteiger partial charge in [0.1, 0.15) is 4.90 Å². The molecular formula is C13H24N4O2S. The summed E-state index contributed by atoms with van der Waals surface area (Å²) in [6.07, 6.45) is 6.63. The molecule has 0 aliphatic heterocycles. The second-order valence-electron chi connectivity index (χ2n) is 4.70. The fourth-order valence-electron chi connectivity index (χ4n) is 1.66. The van der Waals surface area contributed by atoms with Gasteiger partial charge in [0, 0.05) is 20.1 Å². The number of nitrogens with zero attached hydrogens (tertiary/aromatic N) is 3. The van der Waals surface area contributed by atoms with E-state index in [1.165, 1.54) is 16.7 Å². The van der Waals surface area contributed by atoms with E-state index in [4.69, 9.17) is 0 Å². The molecule has 0 unspecified atom stereocenters. The zero-order valence-electron chi connectivity index (χ0n) is 12.5. The number of aromatic nitrogens is 2. The van der Waals surface area contributed by atoms with Gasteiger partial charge in [-0.15, -0.1) is 0 Å². The molecule has 20 heavy (non-hydrogen) atoms. The lowest BCUT2D eigenvalue weighted by atomic mass is 10.2. The highest BCUT2D eigenvalue weighted by atomic mass is 32.2. The van der Waals surface area contributed by atoms with Gasteiger partial charge in [0.25, 0.3) is 0 Å². The van der Waals surface area contributed by atoms with E-state index >= 15 is 0 Å². The fraction of sp³-hybridized carbons (Fsp3) is 0.692. The minimum Gasteiger partial charge on any atom is -0.354 e. The summed E-state index contributed by atoms with van der Waals surface area (Å²) in [6, 6.07) is 0. The predicted molar refractivity (Wildman–Crippen MR) is 80.2 cm³/mol. The van der Waals surface area contributed by atoms with Crippen molar-refractivity contribution in [3.05, 3.63) is 12.4 Å². The van der Waals surface area contributed by atoms with Crippen molar-refractivity contribution >= 4 is 16.0 Å². The van der Waals surface area contributed by atoms with Crippen molar-refractivity contribution in [2.75, 3.05) is 25.5 Å². The third-order valence-corrected chi connectivity index (χ3v) is 4.76. The van der Waals surface area contributed by atoms with E-state index in [2.05, 4.69) is 22.2 Å². The SMILES string of the molecule is CCCCCN(C)S(=O)(=O)c1cnc(NCCC)nc1. The van der Waals surface area contributed by atoms with Crippen molar-refractivity contribution in [3.63, 3.8) is 0 Å². The average molecular weight is 300 g/mol. The molecule has 0 radical (unpaired) electrons. The van der Waals surface area contributed by atoms with Crippen LogP contribution in [0.1, 0.15) is 39.5 Å². The molecule has 1 aromatic heterocycles. The van der Waals surface area contributed by atoms with Crippen LogP contribution in [0.3, 0.4) is 0 Å². The number of nitrogens with one attached hydrogen (secondary N) is 1. The van der Waals surface area contributed by atoms with Gasteiger partial charge >= 0.3 is 0 Å². The van der Waals surface area contributed by atoms with E-state index in [0.717, 1.165) is 32.2 Å². The maximum Gasteiger partial charge on any atom is 0.245 e. The van der Waals surface area contributed by atoms with Crippen molar-refractivity contribution < 1.29 is 8.42 Å². The Hall–Kier alpha value is -1.21. The molecule has 1 rings (SSSR count). The molecule has 0 saturated heterocycles. The van der Waals surface area contributed by atoms with Gasteiger partial charge in [-0.05, 0) is 12.8 Å². The molecule has 1 heterocycles. The zero-order valence-corrected chi connectivity index (χ0v) is 13.3. The number of sulfonamides is 1. The molecule has 6 nitrogen and oxygen atoms in total. The number of rotatable bonds is 9. The second kappa shape index (κ2) is 8.16. The summed E-state index contributed by atoms with van der Waals surface area (Å²) in [5, 5.41) is 3.01. The number of hydrogen-bond donors (Lipinski definition) is 1. The largest absolute Gasteiger partial charge is 0.354 e. The molecule has 0 aliphatic rings. The first kappa shape index (κ1) is 16.8. The van der Waals surface area contributed by atoms with E-state index in [1.807, 2.05) is 6.92 Å². The standard InChI is InChI=1S/C13H24N4O2S/c1-4-6-7-9-17(3)20(18,19)12-10-15-13(16-11-12)14-8-5-2/h10-11H,4-9H2,1-3H3,(H,14,15,16). The van der Waals surface area contributed by atoms with Gasteiger partial charge in [0.2, 0.25) is 16.0 Å². The summed E-state index contributed by atoms with van der Waals surface area (Å²) in [4.78, 5) is 8.20. The van der Waals surface area contributed by atoms with Crippen molar-refractivity contribution in [1.82, 2.24) is 14.3 Å². The minimum absolute atomic E-state index is 0.138. The third-order valence-electron chi connectivity index (χ3n) is 2.95. The molecule has 1 N–H and O–H groups in total. The summed E-state index contributed by atoms with van der Waals surface area (Å²) < 4.78 is 25.9. The van der Waals surface area contributed by atoms with E-state index in [9.17, 15) is 8.42 Å². The van der Waals surface area contributed by atoms with Crippen molar-refractivity contribution in [2.45, 2.75) is 44.4 Å². The van der Waals surface area contributed by atoms with Crippen LogP contribution in [0, 0.1) is 0 Å². The second-order valence-corrected chi connectivity index (χ2v) is 6.75. The number of hydrogen-bond acceptors (Lipinski definition) is 5. The number of unbranched alkanes of at least 4 members (excludes halogenated alkanes) is 2. The van der Waals surface area contributed by atoms with E-state index in [-0.39, 0.29) is 4.90 Å². The molecule has 0 saturated carbocycles. The lowest BCUT2D eigenvalue weighted by Gasteiger charge is -2.16. The van der Waals surface area contributed by atoms with Gasteiger partial charge in [-0.1, -0.05) is 26.7 Å².